The Morgan fingerprint density at radius 3 is 1.67 bits per heavy atom. The van der Waals surface area contributed by atoms with Gasteiger partial charge in [0, 0.05) is 12.1 Å². The van der Waals surface area contributed by atoms with Crippen molar-refractivity contribution < 1.29 is 4.42 Å². The van der Waals surface area contributed by atoms with Crippen LogP contribution in [0.25, 0.3) is 78.0 Å². The van der Waals surface area contributed by atoms with Crippen molar-refractivity contribution in [1.29, 1.82) is 0 Å². The minimum absolute atomic E-state index is 0.693. The van der Waals surface area contributed by atoms with Gasteiger partial charge < -0.3 is 4.42 Å². The van der Waals surface area contributed by atoms with E-state index in [1.54, 1.807) is 6.26 Å². The molecule has 0 bridgehead atoms. The molecule has 1 aliphatic carbocycles. The minimum Gasteiger partial charge on any atom is -0.469 e. The van der Waals surface area contributed by atoms with Gasteiger partial charge in [0.25, 0.3) is 0 Å². The Morgan fingerprint density at radius 2 is 1.04 bits per heavy atom. The molecule has 3 heterocycles. The third-order valence-corrected chi connectivity index (χ3v) is 9.46. The van der Waals surface area contributed by atoms with E-state index >= 15 is 0 Å². The van der Waals surface area contributed by atoms with Crippen molar-refractivity contribution in [3.05, 3.63) is 163 Å². The number of hydrogen-bond acceptors (Lipinski definition) is 2. The number of furan rings is 1. The molecule has 4 heteroatoms. The summed E-state index contributed by atoms with van der Waals surface area (Å²) in [6.45, 7) is 0. The lowest BCUT2D eigenvalue weighted by atomic mass is 9.81. The van der Waals surface area contributed by atoms with E-state index in [0.717, 1.165) is 44.9 Å². The van der Waals surface area contributed by atoms with Crippen LogP contribution >= 0.6 is 0 Å². The van der Waals surface area contributed by atoms with Gasteiger partial charge in [0.2, 0.25) is 5.78 Å². The first-order valence-corrected chi connectivity index (χ1v) is 15.7. The maximum Gasteiger partial charge on any atom is 0.220 e. The molecule has 0 saturated heterocycles. The molecular weight excluding hydrogens is 562 g/mol. The summed E-state index contributed by atoms with van der Waals surface area (Å²) in [7, 11) is 0. The molecular formula is C42H27N3O. The second-order valence-electron chi connectivity index (χ2n) is 12.0. The average molecular weight is 590 g/mol. The molecule has 6 aromatic carbocycles. The molecule has 0 fully saturated rings. The summed E-state index contributed by atoms with van der Waals surface area (Å²) in [6, 6.07) is 52.3. The third kappa shape index (κ3) is 3.58. The van der Waals surface area contributed by atoms with Crippen molar-refractivity contribution in [3.63, 3.8) is 0 Å². The van der Waals surface area contributed by atoms with E-state index < -0.39 is 0 Å². The van der Waals surface area contributed by atoms with Crippen LogP contribution in [0.5, 0.6) is 0 Å². The van der Waals surface area contributed by atoms with Crippen molar-refractivity contribution in [2.24, 2.45) is 0 Å². The second kappa shape index (κ2) is 9.68. The Balaban J connectivity index is 1.27. The van der Waals surface area contributed by atoms with Crippen LogP contribution in [0, 0.1) is 0 Å². The standard InChI is InChI=1S/C42H27N3O/c1-2-14-31-30(13-1)32-15-3-4-17-34(32)36-23-22-28(26-37(36)35-18-6-5-16-33(31)35)44-38-19-7-8-20-39(38)45-40-21-9-11-27(41(40)43-42(44)45)25-29-12-10-24-46-29/h1-24,26H,25H2. The van der Waals surface area contributed by atoms with Gasteiger partial charge in [-0.05, 0) is 92.5 Å². The van der Waals surface area contributed by atoms with E-state index in [1.807, 2.05) is 12.1 Å². The normalized spacial score (nSPS) is 12.0. The summed E-state index contributed by atoms with van der Waals surface area (Å²) in [6.07, 6.45) is 2.43. The fourth-order valence-electron chi connectivity index (χ4n) is 7.47. The Hall–Kier alpha value is -6.13. The number of fused-ring (bicyclic) bond motifs is 13. The van der Waals surface area contributed by atoms with Crippen LogP contribution in [0.1, 0.15) is 11.3 Å². The molecule has 0 spiro atoms. The topological polar surface area (TPSA) is 35.4 Å². The fourth-order valence-corrected chi connectivity index (χ4v) is 7.47. The molecule has 0 aliphatic heterocycles. The molecule has 46 heavy (non-hydrogen) atoms. The first-order chi connectivity index (χ1) is 22.8. The van der Waals surface area contributed by atoms with Crippen molar-refractivity contribution >= 4 is 27.8 Å². The van der Waals surface area contributed by atoms with Crippen LogP contribution in [0.4, 0.5) is 0 Å². The summed E-state index contributed by atoms with van der Waals surface area (Å²) < 4.78 is 10.3. The highest BCUT2D eigenvalue weighted by atomic mass is 16.3. The van der Waals surface area contributed by atoms with Gasteiger partial charge in [-0.2, -0.15) is 0 Å². The average Bonchev–Trinajstić information content (AvgIpc) is 3.84. The van der Waals surface area contributed by atoms with Crippen LogP contribution in [-0.2, 0) is 6.42 Å². The molecule has 1 aliphatic rings. The SMILES string of the molecule is c1coc(Cc2cccc3c2nc2n(-c4ccc5c(c4)-c4ccccc4-c4ccccc4-c4ccccc4-5)c4ccccc4n32)c1. The maximum absolute atomic E-state index is 5.71. The molecule has 0 unspecified atom stereocenters. The lowest BCUT2D eigenvalue weighted by molar-refractivity contribution is 0.521. The molecule has 0 saturated carbocycles. The highest BCUT2D eigenvalue weighted by molar-refractivity contribution is 6.03. The summed E-state index contributed by atoms with van der Waals surface area (Å²) in [5.41, 5.74) is 16.5. The predicted octanol–water partition coefficient (Wildman–Crippen LogP) is 10.6. The highest BCUT2D eigenvalue weighted by Gasteiger charge is 2.24. The van der Waals surface area contributed by atoms with Crippen LogP contribution in [-0.4, -0.2) is 14.0 Å². The summed E-state index contributed by atoms with van der Waals surface area (Å²) in [5.74, 6) is 1.83. The molecule has 0 N–H and O–H groups in total. The van der Waals surface area contributed by atoms with Crippen LogP contribution < -0.4 is 0 Å². The smallest absolute Gasteiger partial charge is 0.220 e. The third-order valence-electron chi connectivity index (χ3n) is 9.46. The van der Waals surface area contributed by atoms with Gasteiger partial charge in [-0.1, -0.05) is 103 Å². The van der Waals surface area contributed by atoms with Crippen LogP contribution in [0.15, 0.2) is 156 Å². The molecule has 9 aromatic rings. The summed E-state index contributed by atoms with van der Waals surface area (Å²) in [5, 5.41) is 0. The lowest BCUT2D eigenvalue weighted by Gasteiger charge is -2.23. The number of hydrogen-bond donors (Lipinski definition) is 0. The molecule has 10 rings (SSSR count). The molecule has 3 aromatic heterocycles. The molecule has 0 radical (unpaired) electrons. The number of imidazole rings is 2. The fraction of sp³-hybridized carbons (Fsp3) is 0.0238. The number of nitrogens with zero attached hydrogens (tertiary/aromatic N) is 3. The zero-order chi connectivity index (χ0) is 30.2. The van der Waals surface area contributed by atoms with Gasteiger partial charge in [0.15, 0.2) is 0 Å². The van der Waals surface area contributed by atoms with Crippen LogP contribution in [0.2, 0.25) is 0 Å². The van der Waals surface area contributed by atoms with Crippen molar-refractivity contribution in [2.75, 3.05) is 0 Å². The van der Waals surface area contributed by atoms with Gasteiger partial charge in [0.1, 0.15) is 5.76 Å². The Labute approximate surface area is 265 Å². The quantitative estimate of drug-likeness (QED) is 0.205. The van der Waals surface area contributed by atoms with Gasteiger partial charge in [-0.3, -0.25) is 8.97 Å². The number of para-hydroxylation sites is 3. The van der Waals surface area contributed by atoms with E-state index in [0.29, 0.717) is 6.42 Å². The summed E-state index contributed by atoms with van der Waals surface area (Å²) >= 11 is 0. The van der Waals surface area contributed by atoms with E-state index in [-0.39, 0.29) is 0 Å². The Morgan fingerprint density at radius 1 is 0.478 bits per heavy atom. The predicted molar refractivity (Wildman–Crippen MR) is 186 cm³/mol. The van der Waals surface area contributed by atoms with Crippen LogP contribution in [0.3, 0.4) is 0 Å². The van der Waals surface area contributed by atoms with Crippen molar-refractivity contribution in [3.8, 4) is 50.2 Å². The van der Waals surface area contributed by atoms with E-state index in [2.05, 4.69) is 142 Å². The van der Waals surface area contributed by atoms with Gasteiger partial charge >= 0.3 is 0 Å². The Kier molecular flexibility index (Phi) is 5.31. The number of benzene rings is 6. The maximum atomic E-state index is 5.71. The first kappa shape index (κ1) is 25.2. The van der Waals surface area contributed by atoms with E-state index in [4.69, 9.17) is 9.40 Å². The number of aromatic nitrogens is 3. The lowest BCUT2D eigenvalue weighted by Crippen LogP contribution is -2.00. The zero-order valence-electron chi connectivity index (χ0n) is 24.9. The molecule has 4 nitrogen and oxygen atoms in total. The molecule has 0 atom stereocenters. The monoisotopic (exact) mass is 589 g/mol. The zero-order valence-corrected chi connectivity index (χ0v) is 24.9. The van der Waals surface area contributed by atoms with Crippen molar-refractivity contribution in [1.82, 2.24) is 14.0 Å². The van der Waals surface area contributed by atoms with Gasteiger partial charge in [0.05, 0.1) is 28.3 Å². The van der Waals surface area contributed by atoms with E-state index in [1.165, 1.54) is 44.5 Å². The number of rotatable bonds is 3. The second-order valence-corrected chi connectivity index (χ2v) is 12.0. The van der Waals surface area contributed by atoms with Gasteiger partial charge in [-0.15, -0.1) is 0 Å². The molecule has 216 valence electrons. The summed E-state index contributed by atoms with van der Waals surface area (Å²) in [4.78, 5) is 5.35. The minimum atomic E-state index is 0.693. The highest BCUT2D eigenvalue weighted by Crippen LogP contribution is 2.48. The largest absolute Gasteiger partial charge is 0.469 e. The van der Waals surface area contributed by atoms with Crippen molar-refractivity contribution in [2.45, 2.75) is 6.42 Å². The first-order valence-electron chi connectivity index (χ1n) is 15.7. The van der Waals surface area contributed by atoms with Gasteiger partial charge in [-0.25, -0.2) is 4.98 Å². The van der Waals surface area contributed by atoms with E-state index in [9.17, 15) is 0 Å². The molecule has 0 amide bonds. The Bertz CT molecular complexity index is 2610.